The van der Waals surface area contributed by atoms with Crippen molar-refractivity contribution < 1.29 is 27.5 Å². The molecule has 2 aromatic rings. The first-order chi connectivity index (χ1) is 14.1. The van der Waals surface area contributed by atoms with Gasteiger partial charge in [-0.1, -0.05) is 24.2 Å². The van der Waals surface area contributed by atoms with E-state index in [2.05, 4.69) is 17.2 Å². The van der Waals surface area contributed by atoms with Crippen molar-refractivity contribution in [1.29, 1.82) is 5.41 Å². The molecular weight excluding hydrogens is 423 g/mol. The maximum Gasteiger partial charge on any atom is 0.417 e. The molecule has 0 bridgehead atoms. The Morgan fingerprint density at radius 3 is 2.27 bits per heavy atom. The fourth-order valence-electron chi connectivity index (χ4n) is 2.20. The molecule has 0 aliphatic heterocycles. The minimum absolute atomic E-state index is 0.206. The van der Waals surface area contributed by atoms with E-state index in [1.807, 2.05) is 0 Å². The van der Waals surface area contributed by atoms with Crippen molar-refractivity contribution >= 4 is 41.0 Å². The third kappa shape index (κ3) is 6.21. The van der Waals surface area contributed by atoms with Gasteiger partial charge in [-0.05, 0) is 42.5 Å². The molecule has 2 aromatic carbocycles. The van der Waals surface area contributed by atoms with Crippen molar-refractivity contribution in [3.63, 3.8) is 0 Å². The molecule has 0 aliphatic carbocycles. The molecule has 0 unspecified atom stereocenters. The van der Waals surface area contributed by atoms with Crippen molar-refractivity contribution in [2.45, 2.75) is 6.18 Å². The van der Waals surface area contributed by atoms with E-state index >= 15 is 0 Å². The summed E-state index contributed by atoms with van der Waals surface area (Å²) in [5.74, 6) is -1.69. The second-order valence-electron chi connectivity index (χ2n) is 5.67. The lowest BCUT2D eigenvalue weighted by atomic mass is 10.2. The summed E-state index contributed by atoms with van der Waals surface area (Å²) in [5, 5.41) is 10.9. The SMILES string of the molecule is C=C/C(=C\C=N)Oc1cccc(NC(=O)C(=O)Nc2ccc(Cl)c(C(F)(F)F)c2)c1. The molecule has 30 heavy (non-hydrogen) atoms. The normalized spacial score (nSPS) is 11.4. The van der Waals surface area contributed by atoms with E-state index < -0.39 is 28.6 Å². The Hall–Kier alpha value is -3.59. The quantitative estimate of drug-likeness (QED) is 0.256. The van der Waals surface area contributed by atoms with E-state index in [0.717, 1.165) is 18.3 Å². The highest BCUT2D eigenvalue weighted by atomic mass is 35.5. The number of nitrogens with one attached hydrogen (secondary N) is 3. The lowest BCUT2D eigenvalue weighted by Gasteiger charge is -2.12. The summed E-state index contributed by atoms with van der Waals surface area (Å²) >= 11 is 5.52. The van der Waals surface area contributed by atoms with Crippen LogP contribution in [0.4, 0.5) is 24.5 Å². The number of ether oxygens (including phenoxy) is 1. The third-order valence-electron chi connectivity index (χ3n) is 3.51. The van der Waals surface area contributed by atoms with Gasteiger partial charge in [0.25, 0.3) is 0 Å². The van der Waals surface area contributed by atoms with Crippen LogP contribution in [0, 0.1) is 5.41 Å². The Morgan fingerprint density at radius 1 is 1.07 bits per heavy atom. The second kappa shape index (κ2) is 9.75. The van der Waals surface area contributed by atoms with E-state index in [1.165, 1.54) is 24.3 Å². The number of hydrogen-bond acceptors (Lipinski definition) is 4. The number of anilines is 2. The van der Waals surface area contributed by atoms with Crippen LogP contribution in [0.25, 0.3) is 0 Å². The fraction of sp³-hybridized carbons (Fsp3) is 0.0500. The fourth-order valence-corrected chi connectivity index (χ4v) is 2.42. The van der Waals surface area contributed by atoms with Crippen LogP contribution in [0.5, 0.6) is 5.75 Å². The lowest BCUT2D eigenvalue weighted by molar-refractivity contribution is -0.137. The van der Waals surface area contributed by atoms with Crippen LogP contribution in [0.3, 0.4) is 0 Å². The maximum atomic E-state index is 12.9. The summed E-state index contributed by atoms with van der Waals surface area (Å²) in [6.07, 6.45) is -0.969. The molecule has 0 fully saturated rings. The smallest absolute Gasteiger partial charge is 0.417 e. The molecule has 0 saturated heterocycles. The van der Waals surface area contributed by atoms with Crippen molar-refractivity contribution in [3.05, 3.63) is 77.5 Å². The highest BCUT2D eigenvalue weighted by molar-refractivity contribution is 6.43. The van der Waals surface area contributed by atoms with E-state index in [9.17, 15) is 22.8 Å². The third-order valence-corrected chi connectivity index (χ3v) is 3.84. The van der Waals surface area contributed by atoms with Gasteiger partial charge in [-0.15, -0.1) is 0 Å². The van der Waals surface area contributed by atoms with Crippen LogP contribution < -0.4 is 15.4 Å². The Bertz CT molecular complexity index is 1020. The number of hydrogen-bond donors (Lipinski definition) is 3. The van der Waals surface area contributed by atoms with Gasteiger partial charge in [-0.2, -0.15) is 13.2 Å². The standard InChI is InChI=1S/C20H15ClF3N3O3/c1-2-14(8-9-25)30-15-5-3-4-12(10-15)26-18(28)19(29)27-13-6-7-17(21)16(11-13)20(22,23)24/h2-11,25H,1H2,(H,26,28)(H,27,29)/b14-8+,25-9?. The number of allylic oxidation sites excluding steroid dienone is 2. The largest absolute Gasteiger partial charge is 0.457 e. The predicted octanol–water partition coefficient (Wildman–Crippen LogP) is 5.03. The molecular formula is C20H15ClF3N3O3. The first-order valence-electron chi connectivity index (χ1n) is 8.24. The monoisotopic (exact) mass is 437 g/mol. The van der Waals surface area contributed by atoms with Crippen LogP contribution in [-0.4, -0.2) is 18.0 Å². The molecule has 0 spiro atoms. The summed E-state index contributed by atoms with van der Waals surface area (Å²) in [7, 11) is 0. The number of benzene rings is 2. The molecule has 0 saturated carbocycles. The van der Waals surface area contributed by atoms with Crippen LogP contribution in [0.2, 0.25) is 5.02 Å². The highest BCUT2D eigenvalue weighted by Gasteiger charge is 2.33. The summed E-state index contributed by atoms with van der Waals surface area (Å²) < 4.78 is 44.2. The van der Waals surface area contributed by atoms with E-state index in [-0.39, 0.29) is 17.1 Å². The Labute approximate surface area is 174 Å². The van der Waals surface area contributed by atoms with Gasteiger partial charge in [0, 0.05) is 23.7 Å². The highest BCUT2D eigenvalue weighted by Crippen LogP contribution is 2.36. The molecule has 0 atom stereocenters. The molecule has 2 amide bonds. The number of carbonyl (C=O) groups is 2. The van der Waals surface area contributed by atoms with Gasteiger partial charge in [0.15, 0.2) is 0 Å². The minimum Gasteiger partial charge on any atom is -0.457 e. The van der Waals surface area contributed by atoms with Gasteiger partial charge in [0.1, 0.15) is 11.5 Å². The Morgan fingerprint density at radius 2 is 1.70 bits per heavy atom. The van der Waals surface area contributed by atoms with Gasteiger partial charge < -0.3 is 20.8 Å². The van der Waals surface area contributed by atoms with Gasteiger partial charge in [0.2, 0.25) is 0 Å². The molecule has 0 heterocycles. The zero-order valence-corrected chi connectivity index (χ0v) is 16.0. The minimum atomic E-state index is -4.71. The summed E-state index contributed by atoms with van der Waals surface area (Å²) in [5.41, 5.74) is -1.17. The topological polar surface area (TPSA) is 91.3 Å². The first kappa shape index (κ1) is 22.7. The second-order valence-corrected chi connectivity index (χ2v) is 6.08. The molecule has 3 N–H and O–H groups in total. The van der Waals surface area contributed by atoms with Crippen molar-refractivity contribution in [1.82, 2.24) is 0 Å². The molecule has 0 aromatic heterocycles. The van der Waals surface area contributed by atoms with Crippen LogP contribution in [-0.2, 0) is 15.8 Å². The lowest BCUT2D eigenvalue weighted by Crippen LogP contribution is -2.29. The van der Waals surface area contributed by atoms with Gasteiger partial charge in [-0.25, -0.2) is 0 Å². The van der Waals surface area contributed by atoms with Crippen LogP contribution in [0.15, 0.2) is 67.0 Å². The van der Waals surface area contributed by atoms with Gasteiger partial charge in [0.05, 0.1) is 10.6 Å². The molecule has 10 heteroatoms. The first-order valence-corrected chi connectivity index (χ1v) is 8.62. The molecule has 2 rings (SSSR count). The van der Waals surface area contributed by atoms with Crippen molar-refractivity contribution in [3.8, 4) is 5.75 Å². The van der Waals surface area contributed by atoms with E-state index in [0.29, 0.717) is 11.8 Å². The number of alkyl halides is 3. The zero-order chi connectivity index (χ0) is 22.3. The molecule has 0 aliphatic rings. The van der Waals surface area contributed by atoms with Crippen LogP contribution >= 0.6 is 11.6 Å². The van der Waals surface area contributed by atoms with Crippen LogP contribution in [0.1, 0.15) is 5.56 Å². The van der Waals surface area contributed by atoms with Gasteiger partial charge >= 0.3 is 18.0 Å². The predicted molar refractivity (Wildman–Crippen MR) is 108 cm³/mol. The van der Waals surface area contributed by atoms with E-state index in [4.69, 9.17) is 21.7 Å². The molecule has 6 nitrogen and oxygen atoms in total. The average molecular weight is 438 g/mol. The number of halogens is 4. The van der Waals surface area contributed by atoms with Gasteiger partial charge in [-0.3, -0.25) is 9.59 Å². The molecule has 0 radical (unpaired) electrons. The number of carbonyl (C=O) groups excluding carboxylic acids is 2. The number of rotatable bonds is 6. The summed E-state index contributed by atoms with van der Waals surface area (Å²) in [4.78, 5) is 24.1. The Kier molecular flexibility index (Phi) is 7.38. The van der Waals surface area contributed by atoms with E-state index in [1.54, 1.807) is 12.1 Å². The van der Waals surface area contributed by atoms with Crippen molar-refractivity contribution in [2.75, 3.05) is 10.6 Å². The Balaban J connectivity index is 2.09. The average Bonchev–Trinajstić information content (AvgIpc) is 2.68. The summed E-state index contributed by atoms with van der Waals surface area (Å²) in [6, 6.07) is 8.76. The molecule has 156 valence electrons. The van der Waals surface area contributed by atoms with Crippen molar-refractivity contribution in [2.24, 2.45) is 0 Å². The maximum absolute atomic E-state index is 12.9. The zero-order valence-electron chi connectivity index (χ0n) is 15.2. The number of amides is 2. The summed E-state index contributed by atoms with van der Waals surface area (Å²) in [6.45, 7) is 3.54.